The summed E-state index contributed by atoms with van der Waals surface area (Å²) in [5, 5.41) is 0. The number of piperidine rings is 1. The Bertz CT molecular complexity index is 552. The van der Waals surface area contributed by atoms with Gasteiger partial charge in [-0.1, -0.05) is 19.4 Å². The molecule has 2 rings (SSSR count). The van der Waals surface area contributed by atoms with Gasteiger partial charge in [0.25, 0.3) is 0 Å². The molecule has 0 unspecified atom stereocenters. The second kappa shape index (κ2) is 5.46. The van der Waals surface area contributed by atoms with E-state index in [-0.39, 0.29) is 10.6 Å². The van der Waals surface area contributed by atoms with E-state index in [0.29, 0.717) is 19.0 Å². The maximum absolute atomic E-state index is 13.4. The van der Waals surface area contributed by atoms with Crippen molar-refractivity contribution < 1.29 is 12.8 Å². The zero-order valence-electron chi connectivity index (χ0n) is 11.0. The van der Waals surface area contributed by atoms with Crippen LogP contribution in [0.25, 0.3) is 0 Å². The van der Waals surface area contributed by atoms with Crippen molar-refractivity contribution >= 4 is 15.7 Å². The molecule has 2 N–H and O–H groups in total. The lowest BCUT2D eigenvalue weighted by molar-refractivity contribution is 0.269. The molecular weight excluding hydrogens is 267 g/mol. The standard InChI is InChI=1S/C13H19FN2O2S/c1-2-10-6-8-16(9-7-10)19(17,18)12-5-3-4-11(14)13(12)15/h3-5,10H,2,6-9,15H2,1H3. The van der Waals surface area contributed by atoms with Crippen molar-refractivity contribution in [3.63, 3.8) is 0 Å². The number of sulfonamides is 1. The van der Waals surface area contributed by atoms with Crippen LogP contribution in [0.2, 0.25) is 0 Å². The summed E-state index contributed by atoms with van der Waals surface area (Å²) in [4.78, 5) is -0.123. The van der Waals surface area contributed by atoms with Crippen LogP contribution in [0.3, 0.4) is 0 Å². The van der Waals surface area contributed by atoms with Crippen LogP contribution in [0.4, 0.5) is 10.1 Å². The van der Waals surface area contributed by atoms with Gasteiger partial charge in [-0.25, -0.2) is 12.8 Å². The highest BCUT2D eigenvalue weighted by atomic mass is 32.2. The van der Waals surface area contributed by atoms with Crippen LogP contribution in [-0.4, -0.2) is 25.8 Å². The second-order valence-corrected chi connectivity index (χ2v) is 6.81. The van der Waals surface area contributed by atoms with Crippen molar-refractivity contribution in [2.24, 2.45) is 5.92 Å². The molecule has 0 radical (unpaired) electrons. The molecule has 1 aliphatic rings. The average Bonchev–Trinajstić information content (AvgIpc) is 2.41. The Morgan fingerprint density at radius 1 is 1.37 bits per heavy atom. The lowest BCUT2D eigenvalue weighted by Gasteiger charge is -2.30. The van der Waals surface area contributed by atoms with E-state index in [0.717, 1.165) is 25.3 Å². The number of hydrogen-bond acceptors (Lipinski definition) is 3. The van der Waals surface area contributed by atoms with E-state index in [1.807, 2.05) is 0 Å². The zero-order valence-corrected chi connectivity index (χ0v) is 11.8. The molecule has 0 amide bonds. The van der Waals surface area contributed by atoms with Gasteiger partial charge >= 0.3 is 0 Å². The Labute approximate surface area is 113 Å². The number of benzene rings is 1. The van der Waals surface area contributed by atoms with Crippen molar-refractivity contribution in [2.75, 3.05) is 18.8 Å². The van der Waals surface area contributed by atoms with Crippen molar-refractivity contribution in [3.05, 3.63) is 24.0 Å². The van der Waals surface area contributed by atoms with Crippen LogP contribution in [0.15, 0.2) is 23.1 Å². The van der Waals surface area contributed by atoms with Crippen LogP contribution in [-0.2, 0) is 10.0 Å². The molecule has 0 aromatic heterocycles. The van der Waals surface area contributed by atoms with Gasteiger partial charge in [-0.3, -0.25) is 0 Å². The molecule has 1 aromatic rings. The molecule has 0 bridgehead atoms. The maximum atomic E-state index is 13.4. The van der Waals surface area contributed by atoms with Gasteiger partial charge in [0.15, 0.2) is 0 Å². The summed E-state index contributed by atoms with van der Waals surface area (Å²) in [7, 11) is -3.68. The van der Waals surface area contributed by atoms with E-state index in [9.17, 15) is 12.8 Å². The third-order valence-electron chi connectivity index (χ3n) is 3.78. The van der Waals surface area contributed by atoms with Crippen LogP contribution in [0, 0.1) is 11.7 Å². The molecule has 6 heteroatoms. The first-order valence-electron chi connectivity index (χ1n) is 6.51. The highest BCUT2D eigenvalue weighted by Crippen LogP contribution is 2.28. The van der Waals surface area contributed by atoms with Gasteiger partial charge in [0.2, 0.25) is 10.0 Å². The van der Waals surface area contributed by atoms with E-state index in [1.54, 1.807) is 0 Å². The van der Waals surface area contributed by atoms with E-state index in [2.05, 4.69) is 6.92 Å². The highest BCUT2D eigenvalue weighted by molar-refractivity contribution is 7.89. The first kappa shape index (κ1) is 14.3. The van der Waals surface area contributed by atoms with E-state index < -0.39 is 15.8 Å². The van der Waals surface area contributed by atoms with Crippen molar-refractivity contribution in [3.8, 4) is 0 Å². The Hall–Kier alpha value is -1.14. The first-order valence-corrected chi connectivity index (χ1v) is 7.95. The number of nitrogens with zero attached hydrogens (tertiary/aromatic N) is 1. The summed E-state index contributed by atoms with van der Waals surface area (Å²) >= 11 is 0. The second-order valence-electron chi connectivity index (χ2n) is 4.91. The fourth-order valence-electron chi connectivity index (χ4n) is 2.44. The van der Waals surface area contributed by atoms with Gasteiger partial charge in [0, 0.05) is 13.1 Å². The van der Waals surface area contributed by atoms with Gasteiger partial charge in [-0.05, 0) is 30.9 Å². The van der Waals surface area contributed by atoms with E-state index in [4.69, 9.17) is 5.73 Å². The smallest absolute Gasteiger partial charge is 0.245 e. The van der Waals surface area contributed by atoms with Crippen LogP contribution >= 0.6 is 0 Å². The summed E-state index contributed by atoms with van der Waals surface area (Å²) in [6.07, 6.45) is 2.77. The van der Waals surface area contributed by atoms with Gasteiger partial charge in [0.1, 0.15) is 10.7 Å². The number of nitrogen functional groups attached to an aromatic ring is 1. The SMILES string of the molecule is CCC1CCN(S(=O)(=O)c2cccc(F)c2N)CC1. The highest BCUT2D eigenvalue weighted by Gasteiger charge is 2.30. The summed E-state index contributed by atoms with van der Waals surface area (Å²) < 4.78 is 39.7. The third kappa shape index (κ3) is 2.74. The number of halogens is 1. The summed E-state index contributed by atoms with van der Waals surface area (Å²) in [5.74, 6) is -0.110. The number of para-hydroxylation sites is 1. The minimum Gasteiger partial charge on any atom is -0.395 e. The van der Waals surface area contributed by atoms with Gasteiger partial charge in [-0.2, -0.15) is 4.31 Å². The Morgan fingerprint density at radius 3 is 2.58 bits per heavy atom. The summed E-state index contributed by atoms with van der Waals surface area (Å²) in [6, 6.07) is 3.90. The normalized spacial score (nSPS) is 18.6. The van der Waals surface area contributed by atoms with Crippen LogP contribution in [0.1, 0.15) is 26.2 Å². The molecule has 0 atom stereocenters. The van der Waals surface area contributed by atoms with E-state index >= 15 is 0 Å². The molecule has 106 valence electrons. The van der Waals surface area contributed by atoms with Crippen LogP contribution in [0.5, 0.6) is 0 Å². The Balaban J connectivity index is 2.26. The van der Waals surface area contributed by atoms with Crippen molar-refractivity contribution in [2.45, 2.75) is 31.1 Å². The lowest BCUT2D eigenvalue weighted by atomic mass is 9.96. The Morgan fingerprint density at radius 2 is 2.00 bits per heavy atom. The fourth-order valence-corrected chi connectivity index (χ4v) is 4.03. The molecule has 4 nitrogen and oxygen atoms in total. The fraction of sp³-hybridized carbons (Fsp3) is 0.538. The quantitative estimate of drug-likeness (QED) is 0.867. The topological polar surface area (TPSA) is 63.4 Å². The number of rotatable bonds is 3. The molecule has 1 heterocycles. The van der Waals surface area contributed by atoms with Gasteiger partial charge in [0.05, 0.1) is 5.69 Å². The predicted octanol–water partition coefficient (Wildman–Crippen LogP) is 2.22. The molecule has 0 spiro atoms. The van der Waals surface area contributed by atoms with Gasteiger partial charge < -0.3 is 5.73 Å². The molecule has 0 aliphatic carbocycles. The van der Waals surface area contributed by atoms with Crippen molar-refractivity contribution in [1.29, 1.82) is 0 Å². The van der Waals surface area contributed by atoms with Crippen LogP contribution < -0.4 is 5.73 Å². The lowest BCUT2D eigenvalue weighted by Crippen LogP contribution is -2.38. The maximum Gasteiger partial charge on any atom is 0.245 e. The van der Waals surface area contributed by atoms with E-state index in [1.165, 1.54) is 16.4 Å². The van der Waals surface area contributed by atoms with Crippen molar-refractivity contribution in [1.82, 2.24) is 4.31 Å². The van der Waals surface area contributed by atoms with Gasteiger partial charge in [-0.15, -0.1) is 0 Å². The molecular formula is C13H19FN2O2S. The molecule has 1 aromatic carbocycles. The minimum absolute atomic E-state index is 0.123. The molecule has 19 heavy (non-hydrogen) atoms. The first-order chi connectivity index (χ1) is 8.96. The number of hydrogen-bond donors (Lipinski definition) is 1. The molecule has 1 fully saturated rings. The third-order valence-corrected chi connectivity index (χ3v) is 5.74. The molecule has 1 saturated heterocycles. The summed E-state index contributed by atoms with van der Waals surface area (Å²) in [5.41, 5.74) is 5.26. The summed E-state index contributed by atoms with van der Waals surface area (Å²) in [6.45, 7) is 3.08. The predicted molar refractivity (Wildman–Crippen MR) is 72.6 cm³/mol. The monoisotopic (exact) mass is 286 g/mol. The molecule has 1 aliphatic heterocycles. The number of anilines is 1. The zero-order chi connectivity index (χ0) is 14.0. The minimum atomic E-state index is -3.68. The molecule has 0 saturated carbocycles. The average molecular weight is 286 g/mol. The largest absolute Gasteiger partial charge is 0.395 e. The Kier molecular flexibility index (Phi) is 4.10. The number of nitrogens with two attached hydrogens (primary N) is 1.